The van der Waals surface area contributed by atoms with Gasteiger partial charge in [-0.2, -0.15) is 0 Å². The Balaban J connectivity index is 1.41. The Labute approximate surface area is 168 Å². The molecular formula is C21H23N3O3S. The van der Waals surface area contributed by atoms with Crippen LogP contribution in [0.1, 0.15) is 33.8 Å². The van der Waals surface area contributed by atoms with Crippen molar-refractivity contribution in [3.05, 3.63) is 77.3 Å². The summed E-state index contributed by atoms with van der Waals surface area (Å²) >= 11 is 1.47. The number of benzene rings is 1. The first kappa shape index (κ1) is 20.1. The predicted molar refractivity (Wildman–Crippen MR) is 108 cm³/mol. The molecule has 3 aromatic rings. The number of amides is 1. The molecule has 1 N–H and O–H groups in total. The second-order valence-corrected chi connectivity index (χ2v) is 7.19. The average molecular weight is 398 g/mol. The van der Waals surface area contributed by atoms with Crippen LogP contribution < -0.4 is 5.32 Å². The van der Waals surface area contributed by atoms with Crippen LogP contribution >= 0.6 is 11.8 Å². The minimum atomic E-state index is -0.130. The summed E-state index contributed by atoms with van der Waals surface area (Å²) in [6.07, 6.45) is 2.43. The Morgan fingerprint density at radius 2 is 2.07 bits per heavy atom. The number of hydrogen-bond donors (Lipinski definition) is 1. The van der Waals surface area contributed by atoms with E-state index in [0.29, 0.717) is 36.1 Å². The van der Waals surface area contributed by atoms with E-state index in [0.717, 1.165) is 23.4 Å². The van der Waals surface area contributed by atoms with E-state index in [1.807, 2.05) is 43.3 Å². The zero-order chi connectivity index (χ0) is 19.6. The second kappa shape index (κ2) is 10.6. The molecule has 146 valence electrons. The van der Waals surface area contributed by atoms with Gasteiger partial charge in [-0.05, 0) is 31.0 Å². The average Bonchev–Trinajstić information content (AvgIpc) is 3.15. The molecule has 6 nitrogen and oxygen atoms in total. The first-order chi connectivity index (χ1) is 13.7. The number of ether oxygens (including phenoxy) is 1. The van der Waals surface area contributed by atoms with Crippen LogP contribution in [0.4, 0.5) is 0 Å². The third-order valence-corrected chi connectivity index (χ3v) is 4.95. The van der Waals surface area contributed by atoms with Crippen LogP contribution in [0.15, 0.2) is 64.3 Å². The highest BCUT2D eigenvalue weighted by atomic mass is 32.2. The highest BCUT2D eigenvalue weighted by Gasteiger charge is 2.13. The Kier molecular flexibility index (Phi) is 7.63. The van der Waals surface area contributed by atoms with Crippen LogP contribution in [0.25, 0.3) is 0 Å². The van der Waals surface area contributed by atoms with Crippen molar-refractivity contribution < 1.29 is 14.1 Å². The molecule has 0 aliphatic heterocycles. The van der Waals surface area contributed by atoms with Crippen molar-refractivity contribution in [2.75, 3.05) is 13.2 Å². The number of thioether (sulfide) groups is 1. The van der Waals surface area contributed by atoms with Gasteiger partial charge < -0.3 is 14.6 Å². The highest BCUT2D eigenvalue weighted by molar-refractivity contribution is 7.98. The molecule has 0 saturated carbocycles. The molecule has 0 aliphatic rings. The van der Waals surface area contributed by atoms with Crippen molar-refractivity contribution in [1.82, 2.24) is 15.5 Å². The first-order valence-electron chi connectivity index (χ1n) is 9.12. The van der Waals surface area contributed by atoms with Gasteiger partial charge in [-0.15, -0.1) is 0 Å². The fraction of sp³-hybridized carbons (Fsp3) is 0.286. The standard InChI is InChI=1S/C21H23N3O3S/c1-16-13-18(24-27-16)15-28-21-19(9-5-10-23-21)20(25)22-11-6-12-26-14-17-7-3-2-4-8-17/h2-5,7-10,13H,6,11-12,14-15H2,1H3,(H,22,25). The van der Waals surface area contributed by atoms with E-state index < -0.39 is 0 Å². The number of nitrogens with one attached hydrogen (secondary N) is 1. The number of aromatic nitrogens is 2. The van der Waals surface area contributed by atoms with Crippen molar-refractivity contribution in [2.45, 2.75) is 30.7 Å². The van der Waals surface area contributed by atoms with Crippen molar-refractivity contribution in [3.63, 3.8) is 0 Å². The van der Waals surface area contributed by atoms with E-state index in [2.05, 4.69) is 15.5 Å². The first-order valence-corrected chi connectivity index (χ1v) is 10.1. The maximum atomic E-state index is 12.5. The Morgan fingerprint density at radius 1 is 1.21 bits per heavy atom. The van der Waals surface area contributed by atoms with Crippen molar-refractivity contribution in [1.29, 1.82) is 0 Å². The summed E-state index contributed by atoms with van der Waals surface area (Å²) in [5, 5.41) is 7.58. The Hall–Kier alpha value is -2.64. The van der Waals surface area contributed by atoms with E-state index in [9.17, 15) is 4.79 Å². The molecule has 3 rings (SSSR count). The van der Waals surface area contributed by atoms with E-state index in [4.69, 9.17) is 9.26 Å². The Bertz CT molecular complexity index is 883. The fourth-order valence-electron chi connectivity index (χ4n) is 2.54. The summed E-state index contributed by atoms with van der Waals surface area (Å²) in [6, 6.07) is 15.5. The Morgan fingerprint density at radius 3 is 2.86 bits per heavy atom. The molecule has 28 heavy (non-hydrogen) atoms. The SMILES string of the molecule is Cc1cc(CSc2ncccc2C(=O)NCCCOCc2ccccc2)no1. The summed E-state index contributed by atoms with van der Waals surface area (Å²) in [5.41, 5.74) is 2.54. The molecule has 0 radical (unpaired) electrons. The zero-order valence-corrected chi connectivity index (χ0v) is 16.6. The van der Waals surface area contributed by atoms with Crippen LogP contribution in [0.2, 0.25) is 0 Å². The number of nitrogens with zero attached hydrogens (tertiary/aromatic N) is 2. The van der Waals surface area contributed by atoms with Gasteiger partial charge in [0.2, 0.25) is 0 Å². The lowest BCUT2D eigenvalue weighted by atomic mass is 10.2. The molecule has 0 atom stereocenters. The van der Waals surface area contributed by atoms with Gasteiger partial charge in [0, 0.05) is 31.2 Å². The summed E-state index contributed by atoms with van der Waals surface area (Å²) in [4.78, 5) is 16.8. The summed E-state index contributed by atoms with van der Waals surface area (Å²) in [6.45, 7) is 3.58. The maximum Gasteiger partial charge on any atom is 0.254 e. The second-order valence-electron chi connectivity index (χ2n) is 6.22. The van der Waals surface area contributed by atoms with Crippen LogP contribution in [0, 0.1) is 6.92 Å². The third kappa shape index (κ3) is 6.21. The predicted octanol–water partition coefficient (Wildman–Crippen LogP) is 4.01. The van der Waals surface area contributed by atoms with Gasteiger partial charge >= 0.3 is 0 Å². The van der Waals surface area contributed by atoms with E-state index in [1.54, 1.807) is 18.3 Å². The minimum Gasteiger partial charge on any atom is -0.377 e. The fourth-order valence-corrected chi connectivity index (χ4v) is 3.41. The van der Waals surface area contributed by atoms with Gasteiger partial charge in [0.25, 0.3) is 5.91 Å². The van der Waals surface area contributed by atoms with Crippen molar-refractivity contribution >= 4 is 17.7 Å². The van der Waals surface area contributed by atoms with Crippen LogP contribution in [-0.2, 0) is 17.1 Å². The lowest BCUT2D eigenvalue weighted by molar-refractivity contribution is 0.0931. The lowest BCUT2D eigenvalue weighted by Crippen LogP contribution is -2.26. The number of aryl methyl sites for hydroxylation is 1. The molecule has 2 heterocycles. The smallest absolute Gasteiger partial charge is 0.254 e. The van der Waals surface area contributed by atoms with Gasteiger partial charge in [0.05, 0.1) is 17.9 Å². The molecule has 7 heteroatoms. The number of pyridine rings is 1. The molecule has 0 saturated heterocycles. The van der Waals surface area contributed by atoms with Crippen LogP contribution in [0.5, 0.6) is 0 Å². The van der Waals surface area contributed by atoms with Crippen LogP contribution in [0.3, 0.4) is 0 Å². The number of rotatable bonds is 10. The number of hydrogen-bond acceptors (Lipinski definition) is 6. The summed E-state index contributed by atoms with van der Waals surface area (Å²) in [5.74, 6) is 1.24. The number of carbonyl (C=O) groups excluding carboxylic acids is 1. The van der Waals surface area contributed by atoms with Gasteiger partial charge in [0.1, 0.15) is 10.8 Å². The van der Waals surface area contributed by atoms with Gasteiger partial charge in [-0.1, -0.05) is 47.3 Å². The third-order valence-electron chi connectivity index (χ3n) is 3.91. The maximum absolute atomic E-state index is 12.5. The van der Waals surface area contributed by atoms with Crippen LogP contribution in [-0.4, -0.2) is 29.2 Å². The monoisotopic (exact) mass is 397 g/mol. The molecule has 0 aliphatic carbocycles. The quantitative estimate of drug-likeness (QED) is 0.411. The normalized spacial score (nSPS) is 10.8. The zero-order valence-electron chi connectivity index (χ0n) is 15.8. The van der Waals surface area contributed by atoms with Crippen molar-refractivity contribution in [2.24, 2.45) is 0 Å². The molecular weight excluding hydrogens is 374 g/mol. The topological polar surface area (TPSA) is 77.2 Å². The molecule has 1 aromatic carbocycles. The van der Waals surface area contributed by atoms with E-state index in [-0.39, 0.29) is 5.91 Å². The van der Waals surface area contributed by atoms with Gasteiger partial charge in [0.15, 0.2) is 0 Å². The van der Waals surface area contributed by atoms with E-state index in [1.165, 1.54) is 11.8 Å². The molecule has 0 fully saturated rings. The van der Waals surface area contributed by atoms with Gasteiger partial charge in [-0.3, -0.25) is 4.79 Å². The summed E-state index contributed by atoms with van der Waals surface area (Å²) < 4.78 is 10.7. The van der Waals surface area contributed by atoms with Crippen molar-refractivity contribution in [3.8, 4) is 0 Å². The van der Waals surface area contributed by atoms with E-state index >= 15 is 0 Å². The van der Waals surface area contributed by atoms with Gasteiger partial charge in [-0.25, -0.2) is 4.98 Å². The lowest BCUT2D eigenvalue weighted by Gasteiger charge is -2.09. The molecule has 0 bridgehead atoms. The summed E-state index contributed by atoms with van der Waals surface area (Å²) in [7, 11) is 0. The highest BCUT2D eigenvalue weighted by Crippen LogP contribution is 2.24. The molecule has 2 aromatic heterocycles. The minimum absolute atomic E-state index is 0.130. The molecule has 0 unspecified atom stereocenters. The molecule has 1 amide bonds. The molecule has 0 spiro atoms. The number of carbonyl (C=O) groups is 1. The largest absolute Gasteiger partial charge is 0.377 e.